The summed E-state index contributed by atoms with van der Waals surface area (Å²) in [6, 6.07) is 35.5. The van der Waals surface area contributed by atoms with Gasteiger partial charge in [-0.1, -0.05) is 97.1 Å². The highest BCUT2D eigenvalue weighted by Crippen LogP contribution is 2.58. The Bertz CT molecular complexity index is 1610. The van der Waals surface area contributed by atoms with Gasteiger partial charge in [0, 0.05) is 5.56 Å². The molecule has 0 bridgehead atoms. The highest BCUT2D eigenvalue weighted by atomic mass is 31.2. The molecule has 0 fully saturated rings. The molecule has 0 amide bonds. The van der Waals surface area contributed by atoms with Crippen LogP contribution in [-0.4, -0.2) is 13.2 Å². The summed E-state index contributed by atoms with van der Waals surface area (Å²) in [4.78, 5) is 0. The zero-order valence-corrected chi connectivity index (χ0v) is 21.3. The SMILES string of the molecule is CCOP(=O)(OCC)c1cc(-c2ccccc2)c2c(c1-c1ccccc1)-c1cccc3cccc-2c13. The molecule has 0 heterocycles. The van der Waals surface area contributed by atoms with Gasteiger partial charge >= 0.3 is 7.60 Å². The molecule has 36 heavy (non-hydrogen) atoms. The summed E-state index contributed by atoms with van der Waals surface area (Å²) in [5.41, 5.74) is 8.60. The molecule has 1 aliphatic rings. The van der Waals surface area contributed by atoms with E-state index in [4.69, 9.17) is 9.05 Å². The average molecular weight is 491 g/mol. The van der Waals surface area contributed by atoms with Gasteiger partial charge in [0.25, 0.3) is 0 Å². The van der Waals surface area contributed by atoms with Crippen molar-refractivity contribution in [2.75, 3.05) is 13.2 Å². The first-order chi connectivity index (χ1) is 17.7. The quantitative estimate of drug-likeness (QED) is 0.210. The summed E-state index contributed by atoms with van der Waals surface area (Å²) in [5, 5.41) is 3.03. The van der Waals surface area contributed by atoms with Gasteiger partial charge in [0.15, 0.2) is 0 Å². The molecule has 0 spiro atoms. The number of rotatable bonds is 7. The molecule has 0 atom stereocenters. The van der Waals surface area contributed by atoms with Gasteiger partial charge in [-0.05, 0) is 69.6 Å². The van der Waals surface area contributed by atoms with Crippen molar-refractivity contribution in [3.05, 3.63) is 103 Å². The van der Waals surface area contributed by atoms with E-state index >= 15 is 0 Å². The van der Waals surface area contributed by atoms with E-state index in [1.807, 2.05) is 56.3 Å². The second-order valence-electron chi connectivity index (χ2n) is 8.84. The molecule has 0 saturated carbocycles. The molecule has 0 aliphatic heterocycles. The minimum atomic E-state index is -3.63. The van der Waals surface area contributed by atoms with Crippen LogP contribution < -0.4 is 5.30 Å². The van der Waals surface area contributed by atoms with Crippen LogP contribution in [-0.2, 0) is 13.6 Å². The smallest absolute Gasteiger partial charge is 0.305 e. The van der Waals surface area contributed by atoms with Gasteiger partial charge in [0.05, 0.1) is 18.5 Å². The summed E-state index contributed by atoms with van der Waals surface area (Å²) < 4.78 is 26.4. The van der Waals surface area contributed by atoms with Crippen molar-refractivity contribution < 1.29 is 13.6 Å². The number of fused-ring (bicyclic) bond motifs is 3. The molecule has 4 heteroatoms. The molecule has 0 unspecified atom stereocenters. The van der Waals surface area contributed by atoms with Gasteiger partial charge in [-0.15, -0.1) is 0 Å². The highest BCUT2D eigenvalue weighted by Gasteiger charge is 2.37. The first-order valence-corrected chi connectivity index (χ1v) is 13.9. The lowest BCUT2D eigenvalue weighted by Gasteiger charge is -2.25. The molecule has 1 aliphatic carbocycles. The highest BCUT2D eigenvalue weighted by molar-refractivity contribution is 7.62. The summed E-state index contributed by atoms with van der Waals surface area (Å²) in [7, 11) is -3.63. The van der Waals surface area contributed by atoms with Gasteiger partial charge in [-0.2, -0.15) is 0 Å². The van der Waals surface area contributed by atoms with Gasteiger partial charge in [0.2, 0.25) is 0 Å². The predicted octanol–water partition coefficient (Wildman–Crippen LogP) is 8.71. The Morgan fingerprint density at radius 1 is 0.583 bits per heavy atom. The van der Waals surface area contributed by atoms with E-state index in [0.29, 0.717) is 18.5 Å². The molecule has 0 N–H and O–H groups in total. The molecule has 3 nitrogen and oxygen atoms in total. The zero-order valence-electron chi connectivity index (χ0n) is 20.4. The van der Waals surface area contributed by atoms with Gasteiger partial charge in [-0.25, -0.2) is 0 Å². The van der Waals surface area contributed by atoms with Crippen LogP contribution in [0.4, 0.5) is 0 Å². The molecule has 5 aromatic carbocycles. The van der Waals surface area contributed by atoms with E-state index in [0.717, 1.165) is 38.9 Å². The van der Waals surface area contributed by atoms with E-state index in [1.165, 1.54) is 16.3 Å². The van der Waals surface area contributed by atoms with Crippen LogP contribution >= 0.6 is 7.60 Å². The van der Waals surface area contributed by atoms with Crippen molar-refractivity contribution in [1.82, 2.24) is 0 Å². The molecule has 0 saturated heterocycles. The fourth-order valence-corrected chi connectivity index (χ4v) is 7.28. The van der Waals surface area contributed by atoms with Crippen molar-refractivity contribution in [2.24, 2.45) is 0 Å². The number of hydrogen-bond acceptors (Lipinski definition) is 3. The van der Waals surface area contributed by atoms with Gasteiger partial charge in [-0.3, -0.25) is 4.57 Å². The normalized spacial score (nSPS) is 12.2. The largest absolute Gasteiger partial charge is 0.361 e. The second kappa shape index (κ2) is 9.19. The predicted molar refractivity (Wildman–Crippen MR) is 150 cm³/mol. The Balaban J connectivity index is 1.83. The van der Waals surface area contributed by atoms with E-state index < -0.39 is 7.60 Å². The lowest BCUT2D eigenvalue weighted by Crippen LogP contribution is -2.16. The molecule has 6 rings (SSSR count). The zero-order chi connectivity index (χ0) is 24.7. The Labute approximate surface area is 211 Å². The van der Waals surface area contributed by atoms with Crippen molar-refractivity contribution in [2.45, 2.75) is 13.8 Å². The van der Waals surface area contributed by atoms with Crippen molar-refractivity contribution in [3.63, 3.8) is 0 Å². The van der Waals surface area contributed by atoms with E-state index in [-0.39, 0.29) is 0 Å². The third-order valence-electron chi connectivity index (χ3n) is 6.79. The Kier molecular flexibility index (Phi) is 5.85. The number of hydrogen-bond donors (Lipinski definition) is 0. The van der Waals surface area contributed by atoms with Crippen LogP contribution in [0, 0.1) is 0 Å². The van der Waals surface area contributed by atoms with Crippen LogP contribution in [0.5, 0.6) is 0 Å². The maximum Gasteiger partial charge on any atom is 0.361 e. The first kappa shape index (κ1) is 22.9. The molecule has 0 aromatic heterocycles. The molecular formula is C32H27O3P. The van der Waals surface area contributed by atoms with Gasteiger partial charge < -0.3 is 9.05 Å². The van der Waals surface area contributed by atoms with Crippen molar-refractivity contribution in [3.8, 4) is 44.5 Å². The van der Waals surface area contributed by atoms with Crippen molar-refractivity contribution in [1.29, 1.82) is 0 Å². The Morgan fingerprint density at radius 3 is 1.72 bits per heavy atom. The summed E-state index contributed by atoms with van der Waals surface area (Å²) in [6.45, 7) is 4.30. The number of benzene rings is 5. The summed E-state index contributed by atoms with van der Waals surface area (Å²) >= 11 is 0. The fourth-order valence-electron chi connectivity index (χ4n) is 5.45. The molecule has 5 aromatic rings. The summed E-state index contributed by atoms with van der Waals surface area (Å²) in [5.74, 6) is 0. The Hall–Kier alpha value is -3.49. The molecule has 178 valence electrons. The third-order valence-corrected chi connectivity index (χ3v) is 8.93. The van der Waals surface area contributed by atoms with Crippen LogP contribution in [0.2, 0.25) is 0 Å². The second-order valence-corrected chi connectivity index (χ2v) is 10.8. The molecule has 0 radical (unpaired) electrons. The minimum Gasteiger partial charge on any atom is -0.305 e. The van der Waals surface area contributed by atoms with Crippen LogP contribution in [0.3, 0.4) is 0 Å². The molecular weight excluding hydrogens is 463 g/mol. The minimum absolute atomic E-state index is 0.291. The van der Waals surface area contributed by atoms with Crippen LogP contribution in [0.25, 0.3) is 55.3 Å². The third kappa shape index (κ3) is 3.55. The van der Waals surface area contributed by atoms with E-state index in [1.54, 1.807) is 0 Å². The van der Waals surface area contributed by atoms with E-state index in [2.05, 4.69) is 60.7 Å². The van der Waals surface area contributed by atoms with Crippen LogP contribution in [0.15, 0.2) is 103 Å². The Morgan fingerprint density at radius 2 is 1.14 bits per heavy atom. The fraction of sp³-hybridized carbons (Fsp3) is 0.125. The lowest BCUT2D eigenvalue weighted by atomic mass is 9.87. The first-order valence-electron chi connectivity index (χ1n) is 12.4. The maximum absolute atomic E-state index is 14.5. The van der Waals surface area contributed by atoms with Crippen LogP contribution in [0.1, 0.15) is 13.8 Å². The topological polar surface area (TPSA) is 35.5 Å². The maximum atomic E-state index is 14.5. The monoisotopic (exact) mass is 490 g/mol. The lowest BCUT2D eigenvalue weighted by molar-refractivity contribution is 0.230. The van der Waals surface area contributed by atoms with Crippen molar-refractivity contribution >= 4 is 23.7 Å². The van der Waals surface area contributed by atoms with E-state index in [9.17, 15) is 4.57 Å². The standard InChI is InChI=1S/C32H27O3P/c1-3-34-36(33,35-4-2)28-21-27(22-13-7-5-8-14-22)31-25-19-11-17-23-18-12-20-26(29(23)25)32(31)30(28)24-15-9-6-10-16-24/h5-21H,3-4H2,1-2H3. The summed E-state index contributed by atoms with van der Waals surface area (Å²) in [6.07, 6.45) is 0. The van der Waals surface area contributed by atoms with Gasteiger partial charge in [0.1, 0.15) is 0 Å². The average Bonchev–Trinajstić information content (AvgIpc) is 3.25.